The van der Waals surface area contributed by atoms with Crippen LogP contribution in [0.5, 0.6) is 0 Å². The van der Waals surface area contributed by atoms with Crippen LogP contribution in [0.25, 0.3) is 0 Å². The number of nitrogens with one attached hydrogen (secondary N) is 2. The molecular weight excluding hydrogens is 220 g/mol. The van der Waals surface area contributed by atoms with Crippen molar-refractivity contribution in [1.29, 1.82) is 0 Å². The second-order valence-electron chi connectivity index (χ2n) is 4.59. The van der Waals surface area contributed by atoms with Gasteiger partial charge in [-0.05, 0) is 26.8 Å². The first-order chi connectivity index (χ1) is 8.14. The molecule has 1 aliphatic heterocycles. The van der Waals surface area contributed by atoms with Crippen LogP contribution in [0.1, 0.15) is 33.1 Å². The van der Waals surface area contributed by atoms with Crippen molar-refractivity contribution in [2.45, 2.75) is 45.4 Å². The lowest BCUT2D eigenvalue weighted by atomic mass is 9.95. The third-order valence-corrected chi connectivity index (χ3v) is 3.27. The quantitative estimate of drug-likeness (QED) is 0.804. The number of rotatable bonds is 5. The van der Waals surface area contributed by atoms with E-state index in [-0.39, 0.29) is 11.6 Å². The number of hydrogen-bond acceptors (Lipinski definition) is 6. The zero-order valence-corrected chi connectivity index (χ0v) is 10.6. The number of nitrogens with zero attached hydrogens (tertiary/aromatic N) is 2. The van der Waals surface area contributed by atoms with E-state index < -0.39 is 0 Å². The summed E-state index contributed by atoms with van der Waals surface area (Å²) in [6, 6.07) is 0.470. The summed E-state index contributed by atoms with van der Waals surface area (Å²) in [7, 11) is 0. The second-order valence-corrected chi connectivity index (χ2v) is 4.59. The van der Waals surface area contributed by atoms with Crippen LogP contribution in [0, 0.1) is 0 Å². The summed E-state index contributed by atoms with van der Waals surface area (Å²) in [5.41, 5.74) is -0.123. The predicted molar refractivity (Wildman–Crippen MR) is 63.7 cm³/mol. The largest absolute Gasteiger partial charge is 0.407 e. The van der Waals surface area contributed by atoms with E-state index in [0.29, 0.717) is 18.5 Å². The second kappa shape index (κ2) is 5.01. The van der Waals surface area contributed by atoms with Crippen molar-refractivity contribution in [3.05, 3.63) is 5.89 Å². The Balaban J connectivity index is 1.96. The Labute approximate surface area is 101 Å². The van der Waals surface area contributed by atoms with Crippen LogP contribution >= 0.6 is 0 Å². The molecule has 2 N–H and O–H groups in total. The summed E-state index contributed by atoms with van der Waals surface area (Å²) >= 11 is 0. The summed E-state index contributed by atoms with van der Waals surface area (Å²) in [5.74, 6) is 0.601. The maximum Gasteiger partial charge on any atom is 0.316 e. The van der Waals surface area contributed by atoms with Crippen molar-refractivity contribution < 1.29 is 9.15 Å². The van der Waals surface area contributed by atoms with Gasteiger partial charge < -0.3 is 19.8 Å². The molecule has 0 aromatic carbocycles. The standard InChI is InChI=1S/C11H20N4O2/c1-4-12-7-9-14-15-10(17-9)13-11(3)5-6-16-8(11)2/h8,12H,4-7H2,1-3H3,(H,13,15). The van der Waals surface area contributed by atoms with Gasteiger partial charge in [-0.15, -0.1) is 5.10 Å². The molecule has 0 bridgehead atoms. The van der Waals surface area contributed by atoms with E-state index >= 15 is 0 Å². The van der Waals surface area contributed by atoms with Crippen LogP contribution in [-0.4, -0.2) is 35.0 Å². The molecule has 6 heteroatoms. The first-order valence-electron chi connectivity index (χ1n) is 6.07. The zero-order chi connectivity index (χ0) is 12.3. The summed E-state index contributed by atoms with van der Waals surface area (Å²) in [4.78, 5) is 0. The Morgan fingerprint density at radius 3 is 2.94 bits per heavy atom. The Hall–Kier alpha value is -1.14. The van der Waals surface area contributed by atoms with Crippen molar-refractivity contribution in [3.63, 3.8) is 0 Å². The molecule has 0 amide bonds. The number of hydrogen-bond donors (Lipinski definition) is 2. The van der Waals surface area contributed by atoms with Gasteiger partial charge in [-0.3, -0.25) is 0 Å². The minimum Gasteiger partial charge on any atom is -0.407 e. The summed E-state index contributed by atoms with van der Waals surface area (Å²) < 4.78 is 11.1. The van der Waals surface area contributed by atoms with Gasteiger partial charge in [0.05, 0.1) is 18.2 Å². The normalized spacial score (nSPS) is 28.5. The van der Waals surface area contributed by atoms with Crippen molar-refractivity contribution in [2.24, 2.45) is 0 Å². The highest BCUT2D eigenvalue weighted by atomic mass is 16.5. The highest BCUT2D eigenvalue weighted by Crippen LogP contribution is 2.28. The molecule has 0 radical (unpaired) electrons. The number of ether oxygens (including phenoxy) is 1. The smallest absolute Gasteiger partial charge is 0.316 e. The van der Waals surface area contributed by atoms with Crippen LogP contribution in [-0.2, 0) is 11.3 Å². The Morgan fingerprint density at radius 1 is 1.47 bits per heavy atom. The van der Waals surface area contributed by atoms with E-state index in [1.807, 2.05) is 6.92 Å². The molecule has 0 saturated carbocycles. The Morgan fingerprint density at radius 2 is 2.29 bits per heavy atom. The molecule has 1 aromatic heterocycles. The van der Waals surface area contributed by atoms with E-state index in [1.165, 1.54) is 0 Å². The predicted octanol–water partition coefficient (Wildman–Crippen LogP) is 1.16. The molecule has 6 nitrogen and oxygen atoms in total. The molecule has 1 saturated heterocycles. The van der Waals surface area contributed by atoms with Crippen LogP contribution in [0.3, 0.4) is 0 Å². The molecule has 1 aliphatic rings. The zero-order valence-electron chi connectivity index (χ0n) is 10.6. The average Bonchev–Trinajstić information content (AvgIpc) is 2.85. The highest BCUT2D eigenvalue weighted by Gasteiger charge is 2.38. The molecule has 1 aromatic rings. The monoisotopic (exact) mass is 240 g/mol. The molecule has 2 heterocycles. The van der Waals surface area contributed by atoms with Crippen molar-refractivity contribution in [1.82, 2.24) is 15.5 Å². The van der Waals surface area contributed by atoms with Gasteiger partial charge in [0.1, 0.15) is 0 Å². The van der Waals surface area contributed by atoms with Gasteiger partial charge in [0.25, 0.3) is 0 Å². The molecule has 2 rings (SSSR count). The van der Waals surface area contributed by atoms with Gasteiger partial charge in [-0.1, -0.05) is 12.0 Å². The fourth-order valence-electron chi connectivity index (χ4n) is 1.85. The van der Waals surface area contributed by atoms with Crippen molar-refractivity contribution in [2.75, 3.05) is 18.5 Å². The lowest BCUT2D eigenvalue weighted by Crippen LogP contribution is -2.41. The highest BCUT2D eigenvalue weighted by molar-refractivity contribution is 5.25. The van der Waals surface area contributed by atoms with Crippen LogP contribution in [0.15, 0.2) is 4.42 Å². The number of aromatic nitrogens is 2. The van der Waals surface area contributed by atoms with Gasteiger partial charge in [0, 0.05) is 6.61 Å². The van der Waals surface area contributed by atoms with Gasteiger partial charge in [-0.25, -0.2) is 0 Å². The van der Waals surface area contributed by atoms with E-state index in [9.17, 15) is 0 Å². The summed E-state index contributed by atoms with van der Waals surface area (Å²) in [6.07, 6.45) is 1.09. The van der Waals surface area contributed by atoms with Crippen molar-refractivity contribution in [3.8, 4) is 0 Å². The van der Waals surface area contributed by atoms with Crippen LogP contribution < -0.4 is 10.6 Å². The molecule has 2 unspecified atom stereocenters. The van der Waals surface area contributed by atoms with E-state index in [1.54, 1.807) is 0 Å². The lowest BCUT2D eigenvalue weighted by molar-refractivity contribution is 0.104. The van der Waals surface area contributed by atoms with E-state index in [4.69, 9.17) is 9.15 Å². The van der Waals surface area contributed by atoms with Gasteiger partial charge >= 0.3 is 6.01 Å². The minimum atomic E-state index is -0.123. The first kappa shape index (κ1) is 12.3. The maximum absolute atomic E-state index is 5.55. The fraction of sp³-hybridized carbons (Fsp3) is 0.818. The average molecular weight is 240 g/mol. The molecule has 96 valence electrons. The Bertz CT molecular complexity index is 368. The Kier molecular flexibility index (Phi) is 3.63. The summed E-state index contributed by atoms with van der Waals surface area (Å²) in [5, 5.41) is 14.4. The van der Waals surface area contributed by atoms with Crippen molar-refractivity contribution >= 4 is 6.01 Å². The van der Waals surface area contributed by atoms with Crippen LogP contribution in [0.4, 0.5) is 6.01 Å². The van der Waals surface area contributed by atoms with Gasteiger partial charge in [-0.2, -0.15) is 0 Å². The maximum atomic E-state index is 5.55. The molecule has 1 fully saturated rings. The SMILES string of the molecule is CCNCc1nnc(NC2(C)CCOC2C)o1. The molecular formula is C11H20N4O2. The third-order valence-electron chi connectivity index (χ3n) is 3.27. The fourth-order valence-corrected chi connectivity index (χ4v) is 1.85. The molecule has 17 heavy (non-hydrogen) atoms. The first-order valence-corrected chi connectivity index (χ1v) is 6.07. The van der Waals surface area contributed by atoms with E-state index in [0.717, 1.165) is 19.6 Å². The van der Waals surface area contributed by atoms with Crippen LogP contribution in [0.2, 0.25) is 0 Å². The molecule has 0 spiro atoms. The summed E-state index contributed by atoms with van der Waals surface area (Å²) in [6.45, 7) is 8.45. The number of anilines is 1. The minimum absolute atomic E-state index is 0.123. The molecule has 0 aliphatic carbocycles. The lowest BCUT2D eigenvalue weighted by Gasteiger charge is -2.27. The molecule has 2 atom stereocenters. The third kappa shape index (κ3) is 2.76. The van der Waals surface area contributed by atoms with Gasteiger partial charge in [0.15, 0.2) is 0 Å². The topological polar surface area (TPSA) is 72.2 Å². The van der Waals surface area contributed by atoms with E-state index in [2.05, 4.69) is 34.7 Å². The van der Waals surface area contributed by atoms with Gasteiger partial charge in [0.2, 0.25) is 5.89 Å².